The summed E-state index contributed by atoms with van der Waals surface area (Å²) in [7, 11) is 2.93. The van der Waals surface area contributed by atoms with Crippen molar-refractivity contribution in [2.75, 3.05) is 14.2 Å². The van der Waals surface area contributed by atoms with E-state index >= 15 is 0 Å². The molecule has 0 aromatic rings. The van der Waals surface area contributed by atoms with Gasteiger partial charge in [0, 0.05) is 37.8 Å². The molecule has 0 aliphatic heterocycles. The minimum Gasteiger partial charge on any atom is -0.469 e. The number of ether oxygens (including phenoxy) is 1. The molecule has 0 spiro atoms. The molecule has 0 aromatic carbocycles. The van der Waals surface area contributed by atoms with Crippen LogP contribution in [0.2, 0.25) is 0 Å². The van der Waals surface area contributed by atoms with Gasteiger partial charge in [-0.1, -0.05) is 6.92 Å². The molecule has 2 unspecified atom stereocenters. The second kappa shape index (κ2) is 10.9. The van der Waals surface area contributed by atoms with Gasteiger partial charge in [0.15, 0.2) is 0 Å². The minimum absolute atomic E-state index is 0.00808. The van der Waals surface area contributed by atoms with Crippen LogP contribution in [-0.2, 0) is 23.9 Å². The molecule has 7 heteroatoms. The fourth-order valence-corrected chi connectivity index (χ4v) is 2.01. The lowest BCUT2D eigenvalue weighted by Gasteiger charge is -2.19. The zero-order chi connectivity index (χ0) is 17.1. The Bertz CT molecular complexity index is 409. The Hall–Kier alpha value is -1.76. The molecule has 0 bridgehead atoms. The summed E-state index contributed by atoms with van der Waals surface area (Å²) in [4.78, 5) is 46.0. The first kappa shape index (κ1) is 20.2. The Morgan fingerprint density at radius 3 is 2.09 bits per heavy atom. The number of hydrogen-bond donors (Lipinski definition) is 2. The van der Waals surface area contributed by atoms with Crippen LogP contribution in [0.4, 0.5) is 0 Å². The number of carbonyl (C=O) groups excluding carboxylic acids is 4. The van der Waals surface area contributed by atoms with Crippen molar-refractivity contribution in [3.63, 3.8) is 0 Å². The molecule has 126 valence electrons. The summed E-state index contributed by atoms with van der Waals surface area (Å²) in [6.45, 7) is 3.16. The average Bonchev–Trinajstić information content (AvgIpc) is 2.45. The van der Waals surface area contributed by atoms with E-state index in [1.54, 1.807) is 14.0 Å². The van der Waals surface area contributed by atoms with Gasteiger partial charge < -0.3 is 15.4 Å². The van der Waals surface area contributed by atoms with Crippen molar-refractivity contribution in [1.82, 2.24) is 10.6 Å². The van der Waals surface area contributed by atoms with Crippen LogP contribution < -0.4 is 10.6 Å². The van der Waals surface area contributed by atoms with E-state index in [0.717, 1.165) is 0 Å². The van der Waals surface area contributed by atoms with Crippen LogP contribution in [-0.4, -0.2) is 49.7 Å². The first-order valence-corrected chi connectivity index (χ1v) is 7.36. The predicted octanol–water partition coefficient (Wildman–Crippen LogP) is 0.361. The van der Waals surface area contributed by atoms with Crippen molar-refractivity contribution >= 4 is 23.4 Å². The molecule has 1 amide bonds. The average molecular weight is 314 g/mol. The molecule has 0 fully saturated rings. The van der Waals surface area contributed by atoms with Gasteiger partial charge in [-0.05, 0) is 14.0 Å². The van der Waals surface area contributed by atoms with Gasteiger partial charge in [-0.3, -0.25) is 19.2 Å². The molecule has 2 N–H and O–H groups in total. The van der Waals surface area contributed by atoms with Gasteiger partial charge in [0.2, 0.25) is 5.91 Å². The minimum atomic E-state index is -0.493. The number of carbonyl (C=O) groups is 4. The van der Waals surface area contributed by atoms with Crippen LogP contribution in [0.1, 0.15) is 46.0 Å². The summed E-state index contributed by atoms with van der Waals surface area (Å²) < 4.78 is 4.57. The maximum Gasteiger partial charge on any atom is 0.307 e. The Labute approximate surface area is 131 Å². The molecule has 0 rings (SSSR count). The van der Waals surface area contributed by atoms with Gasteiger partial charge in [-0.15, -0.1) is 0 Å². The normalized spacial score (nSPS) is 13.1. The Morgan fingerprint density at radius 1 is 1.00 bits per heavy atom. The van der Waals surface area contributed by atoms with Crippen molar-refractivity contribution < 1.29 is 23.9 Å². The van der Waals surface area contributed by atoms with E-state index in [0.29, 0.717) is 6.42 Å². The maximum atomic E-state index is 12.0. The van der Waals surface area contributed by atoms with Crippen molar-refractivity contribution in [2.45, 2.75) is 58.0 Å². The van der Waals surface area contributed by atoms with Gasteiger partial charge >= 0.3 is 5.97 Å². The van der Waals surface area contributed by atoms with Gasteiger partial charge in [-0.2, -0.15) is 0 Å². The maximum absolute atomic E-state index is 12.0. The Balaban J connectivity index is 4.55. The molecule has 0 aliphatic carbocycles. The number of nitrogens with one attached hydrogen (secondary N) is 2. The van der Waals surface area contributed by atoms with E-state index in [9.17, 15) is 19.2 Å². The molecule has 7 nitrogen and oxygen atoms in total. The van der Waals surface area contributed by atoms with Crippen LogP contribution in [0.15, 0.2) is 0 Å². The molecule has 0 radical (unpaired) electrons. The molecule has 0 saturated carbocycles. The van der Waals surface area contributed by atoms with E-state index in [1.165, 1.54) is 14.0 Å². The molecule has 0 saturated heterocycles. The Kier molecular flexibility index (Phi) is 10.0. The van der Waals surface area contributed by atoms with E-state index in [-0.39, 0.29) is 49.2 Å². The highest BCUT2D eigenvalue weighted by Crippen LogP contribution is 2.05. The lowest BCUT2D eigenvalue weighted by molar-refractivity contribution is -0.141. The van der Waals surface area contributed by atoms with Gasteiger partial charge in [0.1, 0.15) is 11.6 Å². The predicted molar refractivity (Wildman–Crippen MR) is 81.2 cm³/mol. The smallest absolute Gasteiger partial charge is 0.307 e. The molecule has 2 atom stereocenters. The summed E-state index contributed by atoms with van der Waals surface area (Å²) in [6.07, 6.45) is 0.777. The van der Waals surface area contributed by atoms with Crippen molar-refractivity contribution in [3.05, 3.63) is 0 Å². The summed E-state index contributed by atoms with van der Waals surface area (Å²) in [6, 6.07) is -0.847. The molecular formula is C15H26N2O5. The summed E-state index contributed by atoms with van der Waals surface area (Å²) in [5.41, 5.74) is 0. The molecule has 22 heavy (non-hydrogen) atoms. The molecule has 0 aliphatic rings. The zero-order valence-electron chi connectivity index (χ0n) is 13.7. The number of Topliss-reactive ketones (excluding diaryl/α,β-unsaturated/α-hetero) is 2. The van der Waals surface area contributed by atoms with Crippen LogP contribution in [0.5, 0.6) is 0 Å². The quantitative estimate of drug-likeness (QED) is 0.534. The van der Waals surface area contributed by atoms with Crippen LogP contribution in [0.25, 0.3) is 0 Å². The topological polar surface area (TPSA) is 102 Å². The molecule has 0 aromatic heterocycles. The number of hydrogen-bond acceptors (Lipinski definition) is 6. The second-order valence-electron chi connectivity index (χ2n) is 5.24. The summed E-state index contributed by atoms with van der Waals surface area (Å²) in [5.74, 6) is -0.813. The van der Waals surface area contributed by atoms with Crippen molar-refractivity contribution in [3.8, 4) is 0 Å². The lowest BCUT2D eigenvalue weighted by Crippen LogP contribution is -2.41. The van der Waals surface area contributed by atoms with Crippen molar-refractivity contribution in [1.29, 1.82) is 0 Å². The fraction of sp³-hybridized carbons (Fsp3) is 0.733. The van der Waals surface area contributed by atoms with E-state index in [4.69, 9.17) is 0 Å². The van der Waals surface area contributed by atoms with Crippen LogP contribution in [0, 0.1) is 0 Å². The van der Waals surface area contributed by atoms with E-state index in [1.807, 2.05) is 0 Å². The number of esters is 1. The number of methoxy groups -OCH3 is 1. The van der Waals surface area contributed by atoms with E-state index in [2.05, 4.69) is 15.4 Å². The first-order valence-electron chi connectivity index (χ1n) is 7.36. The number of ketones is 2. The standard InChI is InChI=1S/C15H26N2O5/c1-5-13(19)7-12(6-10(2)18)17-14(20)8-11(16-3)9-15(21)22-4/h11-12,16H,5-9H2,1-4H3,(H,17,20). The third-order valence-electron chi connectivity index (χ3n) is 3.25. The number of rotatable bonds is 11. The van der Waals surface area contributed by atoms with Gasteiger partial charge in [0.05, 0.1) is 13.5 Å². The van der Waals surface area contributed by atoms with Gasteiger partial charge in [0.25, 0.3) is 0 Å². The second-order valence-corrected chi connectivity index (χ2v) is 5.24. The first-order chi connectivity index (χ1) is 10.3. The summed E-state index contributed by atoms with van der Waals surface area (Å²) in [5, 5.41) is 5.57. The third-order valence-corrected chi connectivity index (χ3v) is 3.25. The van der Waals surface area contributed by atoms with E-state index < -0.39 is 12.0 Å². The monoisotopic (exact) mass is 314 g/mol. The zero-order valence-corrected chi connectivity index (χ0v) is 13.7. The molecular weight excluding hydrogens is 288 g/mol. The molecule has 0 heterocycles. The third kappa shape index (κ3) is 9.23. The Morgan fingerprint density at radius 2 is 1.64 bits per heavy atom. The SMILES string of the molecule is CCC(=O)CC(CC(C)=O)NC(=O)CC(CC(=O)OC)NC. The number of amides is 1. The van der Waals surface area contributed by atoms with Gasteiger partial charge in [-0.25, -0.2) is 0 Å². The largest absolute Gasteiger partial charge is 0.469 e. The highest BCUT2D eigenvalue weighted by Gasteiger charge is 2.21. The highest BCUT2D eigenvalue weighted by atomic mass is 16.5. The summed E-state index contributed by atoms with van der Waals surface area (Å²) >= 11 is 0. The lowest BCUT2D eigenvalue weighted by atomic mass is 10.0. The van der Waals surface area contributed by atoms with Crippen molar-refractivity contribution in [2.24, 2.45) is 0 Å². The van der Waals surface area contributed by atoms with Crippen LogP contribution >= 0.6 is 0 Å². The van der Waals surface area contributed by atoms with Crippen LogP contribution in [0.3, 0.4) is 0 Å². The fourth-order valence-electron chi connectivity index (χ4n) is 2.01. The highest BCUT2D eigenvalue weighted by molar-refractivity contribution is 5.84.